The number of nitrogens with one attached hydrogen (secondary N) is 1. The van der Waals surface area contributed by atoms with E-state index in [1.165, 1.54) is 5.69 Å². The van der Waals surface area contributed by atoms with E-state index < -0.39 is 0 Å². The van der Waals surface area contributed by atoms with Crippen molar-refractivity contribution in [2.24, 2.45) is 0 Å². The summed E-state index contributed by atoms with van der Waals surface area (Å²) in [6.45, 7) is 3.68. The van der Waals surface area contributed by atoms with Crippen LogP contribution < -0.4 is 19.9 Å². The van der Waals surface area contributed by atoms with Crippen molar-refractivity contribution in [3.05, 3.63) is 78.6 Å². The van der Waals surface area contributed by atoms with Crippen LogP contribution in [0.3, 0.4) is 0 Å². The van der Waals surface area contributed by atoms with E-state index in [1.54, 1.807) is 19.4 Å². The Bertz CT molecular complexity index is 969. The topological polar surface area (TPSA) is 57.7 Å². The van der Waals surface area contributed by atoms with Crippen molar-refractivity contribution in [1.82, 2.24) is 4.98 Å². The molecule has 0 atom stereocenters. The molecule has 1 fully saturated rings. The fourth-order valence-corrected chi connectivity index (χ4v) is 3.50. The number of amides is 1. The summed E-state index contributed by atoms with van der Waals surface area (Å²) in [5, 5.41) is 2.88. The fraction of sp³-hybridized carbons (Fsp3) is 0.217. The number of carbonyl (C=O) groups excluding carboxylic acids is 1. The number of anilines is 3. The molecule has 2 aromatic carbocycles. The highest BCUT2D eigenvalue weighted by molar-refractivity contribution is 6.03. The van der Waals surface area contributed by atoms with Gasteiger partial charge < -0.3 is 19.9 Å². The summed E-state index contributed by atoms with van der Waals surface area (Å²) < 4.78 is 5.20. The van der Waals surface area contributed by atoms with E-state index in [2.05, 4.69) is 44.4 Å². The van der Waals surface area contributed by atoms with E-state index >= 15 is 0 Å². The van der Waals surface area contributed by atoms with Gasteiger partial charge in [-0.25, -0.2) is 0 Å². The lowest BCUT2D eigenvalue weighted by Gasteiger charge is -2.37. The van der Waals surface area contributed by atoms with Crippen LogP contribution in [-0.2, 0) is 0 Å². The number of hydrogen-bond acceptors (Lipinski definition) is 5. The molecule has 6 heteroatoms. The quantitative estimate of drug-likeness (QED) is 0.723. The van der Waals surface area contributed by atoms with Crippen LogP contribution in [0.2, 0.25) is 0 Å². The molecule has 0 spiro atoms. The molecule has 148 valence electrons. The average molecular weight is 388 g/mol. The van der Waals surface area contributed by atoms with E-state index in [1.807, 2.05) is 36.4 Å². The van der Waals surface area contributed by atoms with Gasteiger partial charge in [0, 0.05) is 55.5 Å². The van der Waals surface area contributed by atoms with Crippen molar-refractivity contribution in [2.75, 3.05) is 48.4 Å². The van der Waals surface area contributed by atoms with Crippen LogP contribution in [0.5, 0.6) is 5.75 Å². The van der Waals surface area contributed by atoms with Gasteiger partial charge in [0.2, 0.25) is 0 Å². The number of benzene rings is 2. The first-order valence-corrected chi connectivity index (χ1v) is 9.69. The number of methoxy groups -OCH3 is 1. The van der Waals surface area contributed by atoms with Gasteiger partial charge in [0.15, 0.2) is 0 Å². The van der Waals surface area contributed by atoms with Gasteiger partial charge in [0.05, 0.1) is 7.11 Å². The summed E-state index contributed by atoms with van der Waals surface area (Å²) in [5.41, 5.74) is 3.34. The Morgan fingerprint density at radius 1 is 0.897 bits per heavy atom. The van der Waals surface area contributed by atoms with E-state index in [4.69, 9.17) is 4.74 Å². The number of ether oxygens (including phenoxy) is 1. The molecule has 1 aliphatic heterocycles. The Hall–Kier alpha value is -3.54. The Labute approximate surface area is 170 Å². The van der Waals surface area contributed by atoms with Crippen LogP contribution in [0, 0.1) is 0 Å². The first kappa shape index (κ1) is 18.8. The second-order valence-electron chi connectivity index (χ2n) is 6.90. The van der Waals surface area contributed by atoms with Crippen molar-refractivity contribution < 1.29 is 9.53 Å². The summed E-state index contributed by atoms with van der Waals surface area (Å²) in [4.78, 5) is 21.6. The van der Waals surface area contributed by atoms with E-state index in [0.29, 0.717) is 17.1 Å². The number of rotatable bonds is 5. The summed E-state index contributed by atoms with van der Waals surface area (Å²) >= 11 is 0. The molecule has 6 nitrogen and oxygen atoms in total. The molecule has 0 saturated carbocycles. The monoisotopic (exact) mass is 388 g/mol. The molecule has 3 aromatic rings. The molecule has 29 heavy (non-hydrogen) atoms. The minimum atomic E-state index is -0.233. The van der Waals surface area contributed by atoms with Crippen molar-refractivity contribution >= 4 is 23.0 Å². The zero-order chi connectivity index (χ0) is 20.1. The van der Waals surface area contributed by atoms with Gasteiger partial charge >= 0.3 is 0 Å². The van der Waals surface area contributed by atoms with Gasteiger partial charge in [0.25, 0.3) is 5.91 Å². The van der Waals surface area contributed by atoms with Crippen LogP contribution >= 0.6 is 0 Å². The second kappa shape index (κ2) is 8.65. The van der Waals surface area contributed by atoms with Crippen LogP contribution in [0.25, 0.3) is 0 Å². The maximum Gasteiger partial charge on any atom is 0.274 e. The Morgan fingerprint density at radius 2 is 1.62 bits per heavy atom. The Morgan fingerprint density at radius 3 is 2.34 bits per heavy atom. The van der Waals surface area contributed by atoms with Crippen LogP contribution in [0.1, 0.15) is 10.5 Å². The molecule has 0 unspecified atom stereocenters. The molecular formula is C23H24N4O2. The number of para-hydroxylation sites is 1. The molecule has 1 N–H and O–H groups in total. The lowest BCUT2D eigenvalue weighted by molar-refractivity contribution is 0.102. The molecule has 0 aliphatic carbocycles. The molecule has 2 heterocycles. The van der Waals surface area contributed by atoms with Gasteiger partial charge in [-0.2, -0.15) is 0 Å². The van der Waals surface area contributed by atoms with E-state index in [-0.39, 0.29) is 5.91 Å². The zero-order valence-electron chi connectivity index (χ0n) is 16.4. The first-order valence-electron chi connectivity index (χ1n) is 9.69. The van der Waals surface area contributed by atoms with Crippen LogP contribution in [0.15, 0.2) is 72.9 Å². The highest BCUT2D eigenvalue weighted by Crippen LogP contribution is 2.22. The number of piperazine rings is 1. The van der Waals surface area contributed by atoms with Gasteiger partial charge in [-0.15, -0.1) is 0 Å². The molecule has 1 amide bonds. The molecule has 1 aromatic heterocycles. The lowest BCUT2D eigenvalue weighted by atomic mass is 10.2. The fourth-order valence-electron chi connectivity index (χ4n) is 3.50. The summed E-state index contributed by atoms with van der Waals surface area (Å²) in [6, 6.07) is 21.6. The number of hydrogen-bond donors (Lipinski definition) is 1. The Kier molecular flexibility index (Phi) is 5.61. The second-order valence-corrected chi connectivity index (χ2v) is 6.90. The van der Waals surface area contributed by atoms with Crippen molar-refractivity contribution in [3.8, 4) is 5.75 Å². The summed E-state index contributed by atoms with van der Waals surface area (Å²) in [6.07, 6.45) is 1.69. The highest BCUT2D eigenvalue weighted by Gasteiger charge is 2.19. The van der Waals surface area contributed by atoms with E-state index in [0.717, 1.165) is 31.9 Å². The Balaban J connectivity index is 1.41. The molecule has 4 rings (SSSR count). The van der Waals surface area contributed by atoms with Crippen molar-refractivity contribution in [1.29, 1.82) is 0 Å². The summed E-state index contributed by atoms with van der Waals surface area (Å²) in [7, 11) is 1.60. The third-order valence-electron chi connectivity index (χ3n) is 5.07. The normalized spacial score (nSPS) is 13.8. The minimum absolute atomic E-state index is 0.233. The van der Waals surface area contributed by atoms with Crippen LogP contribution in [0.4, 0.5) is 17.1 Å². The molecule has 0 radical (unpaired) electrons. The third kappa shape index (κ3) is 4.48. The zero-order valence-corrected chi connectivity index (χ0v) is 16.4. The third-order valence-corrected chi connectivity index (χ3v) is 5.07. The first-order chi connectivity index (χ1) is 14.2. The summed E-state index contributed by atoms with van der Waals surface area (Å²) in [5.74, 6) is 0.462. The molecule has 0 bridgehead atoms. The van der Waals surface area contributed by atoms with Gasteiger partial charge in [0.1, 0.15) is 11.4 Å². The smallest absolute Gasteiger partial charge is 0.274 e. The highest BCUT2D eigenvalue weighted by atomic mass is 16.5. The SMILES string of the molecule is COc1cccc(NC(=O)c2cc(N3CCN(c4ccccc4)CC3)ccn2)c1. The molecular weight excluding hydrogens is 364 g/mol. The maximum atomic E-state index is 12.6. The van der Waals surface area contributed by atoms with Gasteiger partial charge in [-0.1, -0.05) is 24.3 Å². The predicted molar refractivity (Wildman–Crippen MR) is 116 cm³/mol. The van der Waals surface area contributed by atoms with E-state index in [9.17, 15) is 4.79 Å². The molecule has 1 saturated heterocycles. The van der Waals surface area contributed by atoms with Crippen molar-refractivity contribution in [2.45, 2.75) is 0 Å². The largest absolute Gasteiger partial charge is 0.497 e. The van der Waals surface area contributed by atoms with Crippen LogP contribution in [-0.4, -0.2) is 44.2 Å². The van der Waals surface area contributed by atoms with Crippen molar-refractivity contribution in [3.63, 3.8) is 0 Å². The number of carbonyl (C=O) groups is 1. The van der Waals surface area contributed by atoms with Gasteiger partial charge in [-0.05, 0) is 36.4 Å². The van der Waals surface area contributed by atoms with Gasteiger partial charge in [-0.3, -0.25) is 9.78 Å². The lowest BCUT2D eigenvalue weighted by Crippen LogP contribution is -2.46. The number of aromatic nitrogens is 1. The minimum Gasteiger partial charge on any atom is -0.497 e. The maximum absolute atomic E-state index is 12.6. The number of pyridine rings is 1. The average Bonchev–Trinajstić information content (AvgIpc) is 2.80. The number of nitrogens with zero attached hydrogens (tertiary/aromatic N) is 3. The standard InChI is InChI=1S/C23H24N4O2/c1-29-21-9-5-6-18(16-21)25-23(28)22-17-20(10-11-24-22)27-14-12-26(13-15-27)19-7-3-2-4-8-19/h2-11,16-17H,12-15H2,1H3,(H,25,28). The predicted octanol–water partition coefficient (Wildman–Crippen LogP) is 3.67. The molecule has 1 aliphatic rings.